The van der Waals surface area contributed by atoms with Crippen LogP contribution in [0.3, 0.4) is 0 Å². The molecule has 0 aliphatic carbocycles. The summed E-state index contributed by atoms with van der Waals surface area (Å²) < 4.78 is 5.11. The van der Waals surface area contributed by atoms with Gasteiger partial charge in [-0.15, -0.1) is 0 Å². The third kappa shape index (κ3) is 2.42. The van der Waals surface area contributed by atoms with Gasteiger partial charge in [0.05, 0.1) is 13.0 Å². The number of hydrogen-bond donors (Lipinski definition) is 1. The average Bonchev–Trinajstić information content (AvgIpc) is 2.26. The Morgan fingerprint density at radius 2 is 2.00 bits per heavy atom. The summed E-state index contributed by atoms with van der Waals surface area (Å²) in [5, 5.41) is 8.83. The number of nitrogens with zero attached hydrogens (tertiary/aromatic N) is 1. The second-order valence-electron chi connectivity index (χ2n) is 4.44. The molecule has 1 heterocycles. The zero-order valence-corrected chi connectivity index (χ0v) is 10.1. The van der Waals surface area contributed by atoms with Gasteiger partial charge in [0, 0.05) is 19.1 Å². The lowest BCUT2D eigenvalue weighted by Gasteiger charge is -2.41. The molecule has 0 bridgehead atoms. The van der Waals surface area contributed by atoms with Gasteiger partial charge in [-0.2, -0.15) is 0 Å². The van der Waals surface area contributed by atoms with Gasteiger partial charge < -0.3 is 9.84 Å². The minimum absolute atomic E-state index is 0.198. The van der Waals surface area contributed by atoms with Crippen LogP contribution in [0.15, 0.2) is 24.3 Å². The molecule has 1 aromatic rings. The van der Waals surface area contributed by atoms with Gasteiger partial charge in [-0.05, 0) is 24.6 Å². The Bertz CT molecular complexity index is 396. The van der Waals surface area contributed by atoms with Crippen molar-refractivity contribution in [3.8, 4) is 5.75 Å². The van der Waals surface area contributed by atoms with Gasteiger partial charge in [0.25, 0.3) is 0 Å². The summed E-state index contributed by atoms with van der Waals surface area (Å²) in [5.41, 5.74) is 1.19. The van der Waals surface area contributed by atoms with Crippen LogP contribution in [0, 0.1) is 5.92 Å². The first-order valence-electron chi connectivity index (χ1n) is 5.72. The molecule has 1 fully saturated rings. The first-order valence-corrected chi connectivity index (χ1v) is 5.72. The Morgan fingerprint density at radius 1 is 1.41 bits per heavy atom. The highest BCUT2D eigenvalue weighted by molar-refractivity contribution is 5.71. The minimum Gasteiger partial charge on any atom is -0.497 e. The highest BCUT2D eigenvalue weighted by Gasteiger charge is 2.35. The highest BCUT2D eigenvalue weighted by Crippen LogP contribution is 2.29. The van der Waals surface area contributed by atoms with Gasteiger partial charge in [-0.3, -0.25) is 9.69 Å². The molecule has 0 spiro atoms. The van der Waals surface area contributed by atoms with E-state index in [9.17, 15) is 4.79 Å². The van der Waals surface area contributed by atoms with Crippen molar-refractivity contribution < 1.29 is 14.6 Å². The van der Waals surface area contributed by atoms with E-state index in [1.807, 2.05) is 24.3 Å². The standard InChI is InChI=1S/C13H17NO3/c1-9(14-7-11(8-14)13(15)16)10-3-5-12(17-2)6-4-10/h3-6,9,11H,7-8H2,1-2H3,(H,15,16). The number of carboxylic acids is 1. The molecule has 1 aromatic carbocycles. The number of carbonyl (C=O) groups is 1. The highest BCUT2D eigenvalue weighted by atomic mass is 16.5. The molecular weight excluding hydrogens is 218 g/mol. The second-order valence-corrected chi connectivity index (χ2v) is 4.44. The number of rotatable bonds is 4. The molecule has 1 atom stereocenters. The largest absolute Gasteiger partial charge is 0.497 e. The van der Waals surface area contributed by atoms with Crippen molar-refractivity contribution in [1.82, 2.24) is 4.90 Å². The summed E-state index contributed by atoms with van der Waals surface area (Å²) in [6, 6.07) is 8.17. The molecule has 1 N–H and O–H groups in total. The van der Waals surface area contributed by atoms with Gasteiger partial charge in [-0.1, -0.05) is 12.1 Å². The third-order valence-corrected chi connectivity index (χ3v) is 3.40. The maximum atomic E-state index is 10.7. The molecule has 4 nitrogen and oxygen atoms in total. The number of benzene rings is 1. The fraction of sp³-hybridized carbons (Fsp3) is 0.462. The molecule has 1 aliphatic heterocycles. The van der Waals surface area contributed by atoms with E-state index in [-0.39, 0.29) is 12.0 Å². The lowest BCUT2D eigenvalue weighted by Crippen LogP contribution is -2.51. The summed E-state index contributed by atoms with van der Waals surface area (Å²) in [4.78, 5) is 12.9. The molecule has 0 radical (unpaired) electrons. The van der Waals surface area contributed by atoms with E-state index in [2.05, 4.69) is 11.8 Å². The van der Waals surface area contributed by atoms with E-state index < -0.39 is 5.97 Å². The van der Waals surface area contributed by atoms with Gasteiger partial charge in [-0.25, -0.2) is 0 Å². The van der Waals surface area contributed by atoms with Crippen molar-refractivity contribution in [3.63, 3.8) is 0 Å². The molecule has 0 amide bonds. The first kappa shape index (κ1) is 11.9. The summed E-state index contributed by atoms with van der Waals surface area (Å²) in [5.74, 6) is -0.0492. The average molecular weight is 235 g/mol. The van der Waals surface area contributed by atoms with E-state index >= 15 is 0 Å². The normalized spacial score (nSPS) is 18.5. The molecular formula is C13H17NO3. The zero-order valence-electron chi connectivity index (χ0n) is 10.1. The number of carboxylic acid groups (broad SMARTS) is 1. The first-order chi connectivity index (χ1) is 8.11. The minimum atomic E-state index is -0.691. The number of methoxy groups -OCH3 is 1. The second kappa shape index (κ2) is 4.75. The number of ether oxygens (including phenoxy) is 1. The molecule has 92 valence electrons. The quantitative estimate of drug-likeness (QED) is 0.864. The van der Waals surface area contributed by atoms with Crippen LogP contribution in [-0.2, 0) is 4.79 Å². The van der Waals surface area contributed by atoms with Crippen molar-refractivity contribution >= 4 is 5.97 Å². The molecule has 1 saturated heterocycles. The predicted molar refractivity (Wildman–Crippen MR) is 64.1 cm³/mol. The summed E-state index contributed by atoms with van der Waals surface area (Å²) in [6.07, 6.45) is 0. The van der Waals surface area contributed by atoms with Crippen molar-refractivity contribution in [2.45, 2.75) is 13.0 Å². The van der Waals surface area contributed by atoms with E-state index in [1.165, 1.54) is 5.56 Å². The van der Waals surface area contributed by atoms with E-state index in [0.717, 1.165) is 5.75 Å². The Kier molecular flexibility index (Phi) is 3.33. The Morgan fingerprint density at radius 3 is 2.47 bits per heavy atom. The Hall–Kier alpha value is -1.55. The van der Waals surface area contributed by atoms with E-state index in [4.69, 9.17) is 9.84 Å². The lowest BCUT2D eigenvalue weighted by molar-refractivity contribution is -0.148. The summed E-state index contributed by atoms with van der Waals surface area (Å²) >= 11 is 0. The number of likely N-dealkylation sites (tertiary alicyclic amines) is 1. The van der Waals surface area contributed by atoms with Gasteiger partial charge in [0.15, 0.2) is 0 Å². The maximum absolute atomic E-state index is 10.7. The van der Waals surface area contributed by atoms with Crippen molar-refractivity contribution in [2.75, 3.05) is 20.2 Å². The fourth-order valence-corrected chi connectivity index (χ4v) is 2.08. The zero-order chi connectivity index (χ0) is 12.4. The van der Waals surface area contributed by atoms with Gasteiger partial charge >= 0.3 is 5.97 Å². The Balaban J connectivity index is 1.96. The van der Waals surface area contributed by atoms with Crippen molar-refractivity contribution in [2.24, 2.45) is 5.92 Å². The number of aliphatic carboxylic acids is 1. The fourth-order valence-electron chi connectivity index (χ4n) is 2.08. The van der Waals surface area contributed by atoms with Crippen LogP contribution in [0.25, 0.3) is 0 Å². The van der Waals surface area contributed by atoms with Gasteiger partial charge in [0.2, 0.25) is 0 Å². The molecule has 2 rings (SSSR count). The van der Waals surface area contributed by atoms with Crippen LogP contribution in [0.1, 0.15) is 18.5 Å². The number of hydrogen-bond acceptors (Lipinski definition) is 3. The summed E-state index contributed by atoms with van der Waals surface area (Å²) in [6.45, 7) is 3.38. The van der Waals surface area contributed by atoms with E-state index in [1.54, 1.807) is 7.11 Å². The van der Waals surface area contributed by atoms with Crippen molar-refractivity contribution in [1.29, 1.82) is 0 Å². The summed E-state index contributed by atoms with van der Waals surface area (Å²) in [7, 11) is 1.64. The molecule has 0 saturated carbocycles. The maximum Gasteiger partial charge on any atom is 0.309 e. The SMILES string of the molecule is COc1ccc(C(C)N2CC(C(=O)O)C2)cc1. The van der Waals surface area contributed by atoms with Crippen molar-refractivity contribution in [3.05, 3.63) is 29.8 Å². The topological polar surface area (TPSA) is 49.8 Å². The van der Waals surface area contributed by atoms with Crippen LogP contribution in [0.2, 0.25) is 0 Å². The van der Waals surface area contributed by atoms with Crippen LogP contribution in [0.4, 0.5) is 0 Å². The van der Waals surface area contributed by atoms with Crippen LogP contribution < -0.4 is 4.74 Å². The lowest BCUT2D eigenvalue weighted by atomic mass is 9.95. The molecule has 1 aliphatic rings. The molecule has 1 unspecified atom stereocenters. The molecule has 17 heavy (non-hydrogen) atoms. The van der Waals surface area contributed by atoms with Crippen LogP contribution in [0.5, 0.6) is 5.75 Å². The van der Waals surface area contributed by atoms with Crippen LogP contribution >= 0.6 is 0 Å². The smallest absolute Gasteiger partial charge is 0.309 e. The third-order valence-electron chi connectivity index (χ3n) is 3.40. The van der Waals surface area contributed by atoms with E-state index in [0.29, 0.717) is 13.1 Å². The van der Waals surface area contributed by atoms with Gasteiger partial charge in [0.1, 0.15) is 5.75 Å². The predicted octanol–water partition coefficient (Wildman–Crippen LogP) is 1.77. The molecule has 0 aromatic heterocycles. The van der Waals surface area contributed by atoms with Crippen LogP contribution in [-0.4, -0.2) is 36.2 Å². The molecule has 4 heteroatoms. The monoisotopic (exact) mass is 235 g/mol. The Labute approximate surface area is 101 Å².